The van der Waals surface area contributed by atoms with Gasteiger partial charge in [0.15, 0.2) is 0 Å². The quantitative estimate of drug-likeness (QED) is 0.0333. The highest BCUT2D eigenvalue weighted by Crippen LogP contribution is 2.41. The smallest absolute Gasteiger partial charge is 0.457 e. The molecule has 4 aromatic rings. The molecule has 6 N–H and O–H groups in total. The number of aromatic nitrogens is 2. The van der Waals surface area contributed by atoms with Gasteiger partial charge in [-0.1, -0.05) is 46.8 Å². The summed E-state index contributed by atoms with van der Waals surface area (Å²) in [6.45, 7) is 8.03. The maximum atomic E-state index is 13.9. The number of nitrogens with zero attached hydrogens (tertiary/aromatic N) is 3. The number of carbonyl (C=O) groups is 7. The van der Waals surface area contributed by atoms with Crippen LogP contribution in [0.2, 0.25) is 0 Å². The summed E-state index contributed by atoms with van der Waals surface area (Å²) in [5.74, 6) is -3.33. The summed E-state index contributed by atoms with van der Waals surface area (Å²) >= 11 is 0. The molecule has 2 aromatic carbocycles. The molecule has 0 spiro atoms. The van der Waals surface area contributed by atoms with Crippen LogP contribution in [0.3, 0.4) is 0 Å². The van der Waals surface area contributed by atoms with Crippen molar-refractivity contribution >= 4 is 63.9 Å². The Labute approximate surface area is 383 Å². The molecule has 0 radical (unpaired) electrons. The lowest BCUT2D eigenvalue weighted by Crippen LogP contribution is -2.54. The summed E-state index contributed by atoms with van der Waals surface area (Å²) in [6.07, 6.45) is -1.10. The van der Waals surface area contributed by atoms with Crippen molar-refractivity contribution in [3.63, 3.8) is 0 Å². The fourth-order valence-electron chi connectivity index (χ4n) is 7.83. The number of cyclic esters (lactones) is 1. The Kier molecular flexibility index (Phi) is 15.0. The van der Waals surface area contributed by atoms with Gasteiger partial charge >= 0.3 is 18.2 Å². The normalized spacial score (nSPS) is 15.6. The van der Waals surface area contributed by atoms with Crippen LogP contribution in [0.15, 0.2) is 59.4 Å². The number of ether oxygens (including phenoxy) is 3. The first-order valence-corrected chi connectivity index (χ1v) is 21.8. The molecular formula is C46H52N8O13. The Hall–Kier alpha value is -7.71. The van der Waals surface area contributed by atoms with Crippen molar-refractivity contribution in [2.45, 2.75) is 104 Å². The third kappa shape index (κ3) is 11.0. The first-order chi connectivity index (χ1) is 31.8. The number of hydrogen-bond acceptors (Lipinski definition) is 14. The number of nitro benzene ring substituents is 1. The first-order valence-electron chi connectivity index (χ1n) is 21.8. The highest BCUT2D eigenvalue weighted by atomic mass is 16.7. The lowest BCUT2D eigenvalue weighted by atomic mass is 9.85. The molecule has 21 nitrogen and oxygen atoms in total. The van der Waals surface area contributed by atoms with Crippen molar-refractivity contribution < 1.29 is 52.7 Å². The van der Waals surface area contributed by atoms with Gasteiger partial charge in [0.25, 0.3) is 11.2 Å². The van der Waals surface area contributed by atoms with Crippen LogP contribution in [-0.4, -0.2) is 74.8 Å². The molecule has 4 heterocycles. The SMILES string of the molecule is CC[C@@]1(OC(=O)OCc2ccc(NC(=O)[C@H](CCCNC(N)=O)NC(=O)[C@@H](NC(=O)CCC(=O)C(C)C)C(C)C)cc2)C(=O)OCc2c1cc1n(c2=O)Cc2cc3cc([N+](=O)[O-])ccc3nc2-1. The zero-order valence-corrected chi connectivity index (χ0v) is 37.6. The van der Waals surface area contributed by atoms with Gasteiger partial charge in [0.05, 0.1) is 33.9 Å². The average molecular weight is 925 g/mol. The molecule has 2 aliphatic rings. The van der Waals surface area contributed by atoms with Crippen molar-refractivity contribution in [2.24, 2.45) is 17.6 Å². The maximum absolute atomic E-state index is 13.9. The van der Waals surface area contributed by atoms with Gasteiger partial charge in [0.1, 0.15) is 31.1 Å². The zero-order chi connectivity index (χ0) is 48.7. The fraction of sp³-hybridized carbons (Fsp3) is 0.413. The number of nitrogens with one attached hydrogen (secondary N) is 4. The topological polar surface area (TPSA) is 299 Å². The highest BCUT2D eigenvalue weighted by Gasteiger charge is 2.51. The molecule has 3 atom stereocenters. The van der Waals surface area contributed by atoms with Gasteiger partial charge in [-0.25, -0.2) is 19.4 Å². The molecule has 0 saturated carbocycles. The van der Waals surface area contributed by atoms with Crippen LogP contribution in [-0.2, 0) is 63.5 Å². The lowest BCUT2D eigenvalue weighted by Gasteiger charge is -2.35. The minimum Gasteiger partial charge on any atom is -0.457 e. The number of fused-ring (bicyclic) bond motifs is 5. The van der Waals surface area contributed by atoms with Gasteiger partial charge in [-0.3, -0.25) is 34.1 Å². The minimum atomic E-state index is -2.05. The number of hydrogen-bond donors (Lipinski definition) is 5. The number of nitro groups is 1. The molecule has 2 aromatic heterocycles. The van der Waals surface area contributed by atoms with Gasteiger partial charge in [0.2, 0.25) is 23.3 Å². The molecule has 6 rings (SSSR count). The number of pyridine rings is 2. The number of nitrogens with two attached hydrogens (primary N) is 1. The van der Waals surface area contributed by atoms with Gasteiger partial charge in [-0.05, 0) is 61.1 Å². The van der Waals surface area contributed by atoms with Crippen LogP contribution in [0.1, 0.15) is 89.0 Å². The van der Waals surface area contributed by atoms with E-state index in [0.29, 0.717) is 39.1 Å². The van der Waals surface area contributed by atoms with Crippen LogP contribution >= 0.6 is 0 Å². The fourth-order valence-corrected chi connectivity index (χ4v) is 7.83. The van der Waals surface area contributed by atoms with Crippen molar-refractivity contribution in [3.05, 3.63) is 97.3 Å². The monoisotopic (exact) mass is 924 g/mol. The Bertz CT molecular complexity index is 2700. The number of carbonyl (C=O) groups excluding carboxylic acids is 7. The number of anilines is 1. The standard InChI is InChI=1S/C46H52N8O13/c1-6-46(32-20-35-39-28(21-53(35)42(59)31(32)23-65-43(46)60)18-27-19-30(54(63)64)13-14-33(27)50-39)67-45(62)66-22-26-9-11-29(12-10-26)49-40(57)34(8-7-17-48-44(47)61)51-41(58)38(25(4)5)52-37(56)16-15-36(55)24(2)3/h9-14,18-20,24-25,34,38H,6-8,15-17,21-23H2,1-5H3,(H,49,57)(H,51,58)(H,52,56)(H3,47,48,61)/t34-,38-,46-/m0/s1. The third-order valence-corrected chi connectivity index (χ3v) is 11.6. The van der Waals surface area contributed by atoms with Crippen LogP contribution < -0.4 is 32.6 Å². The predicted molar refractivity (Wildman–Crippen MR) is 240 cm³/mol. The van der Waals surface area contributed by atoms with E-state index < -0.39 is 64.0 Å². The lowest BCUT2D eigenvalue weighted by molar-refractivity contribution is -0.384. The van der Waals surface area contributed by atoms with E-state index in [-0.39, 0.29) is 92.8 Å². The molecule has 5 amide bonds. The number of urea groups is 1. The number of non-ortho nitro benzene ring substituents is 1. The van der Waals surface area contributed by atoms with E-state index in [1.54, 1.807) is 58.9 Å². The number of benzene rings is 2. The van der Waals surface area contributed by atoms with Gasteiger partial charge in [0, 0.05) is 59.6 Å². The number of ketones is 1. The predicted octanol–water partition coefficient (Wildman–Crippen LogP) is 4.37. The van der Waals surface area contributed by atoms with E-state index >= 15 is 0 Å². The number of Topliss-reactive ketones (excluding diaryl/α,β-unsaturated/α-hetero) is 1. The van der Waals surface area contributed by atoms with Crippen LogP contribution in [0.5, 0.6) is 0 Å². The average Bonchev–Trinajstić information content (AvgIpc) is 3.65. The van der Waals surface area contributed by atoms with Crippen molar-refractivity contribution in [2.75, 3.05) is 11.9 Å². The maximum Gasteiger partial charge on any atom is 0.510 e. The van der Waals surface area contributed by atoms with E-state index in [9.17, 15) is 48.5 Å². The Morgan fingerprint density at radius 1 is 0.970 bits per heavy atom. The van der Waals surface area contributed by atoms with E-state index in [0.717, 1.165) is 0 Å². The molecule has 67 heavy (non-hydrogen) atoms. The number of primary amides is 1. The summed E-state index contributed by atoms with van der Waals surface area (Å²) in [7, 11) is 0. The first kappa shape index (κ1) is 48.7. The zero-order valence-electron chi connectivity index (χ0n) is 37.6. The second kappa shape index (κ2) is 20.6. The Balaban J connectivity index is 1.12. The summed E-state index contributed by atoms with van der Waals surface area (Å²) in [5.41, 5.74) is 5.38. The summed E-state index contributed by atoms with van der Waals surface area (Å²) in [4.78, 5) is 119. The van der Waals surface area contributed by atoms with Crippen LogP contribution in [0.4, 0.5) is 21.0 Å². The van der Waals surface area contributed by atoms with Gasteiger partial charge < -0.3 is 45.8 Å². The second-order valence-electron chi connectivity index (χ2n) is 16.9. The summed E-state index contributed by atoms with van der Waals surface area (Å²) in [6, 6.07) is 10.8. The van der Waals surface area contributed by atoms with E-state index in [1.165, 1.54) is 34.9 Å². The van der Waals surface area contributed by atoms with E-state index in [4.69, 9.17) is 24.9 Å². The number of amides is 5. The molecular weight excluding hydrogens is 873 g/mol. The molecule has 0 unspecified atom stereocenters. The molecule has 21 heteroatoms. The van der Waals surface area contributed by atoms with Crippen LogP contribution in [0, 0.1) is 22.0 Å². The summed E-state index contributed by atoms with van der Waals surface area (Å²) in [5, 5.41) is 22.4. The van der Waals surface area contributed by atoms with E-state index in [2.05, 4.69) is 21.3 Å². The van der Waals surface area contributed by atoms with Crippen molar-refractivity contribution in [3.8, 4) is 11.4 Å². The largest absolute Gasteiger partial charge is 0.510 e. The summed E-state index contributed by atoms with van der Waals surface area (Å²) < 4.78 is 18.0. The number of rotatable bonds is 19. The van der Waals surface area contributed by atoms with Crippen molar-refractivity contribution in [1.82, 2.24) is 25.5 Å². The van der Waals surface area contributed by atoms with E-state index in [1.807, 2.05) is 0 Å². The second-order valence-corrected chi connectivity index (χ2v) is 16.9. The van der Waals surface area contributed by atoms with Crippen molar-refractivity contribution in [1.29, 1.82) is 0 Å². The Morgan fingerprint density at radius 3 is 2.36 bits per heavy atom. The van der Waals surface area contributed by atoms with Gasteiger partial charge in [-0.15, -0.1) is 0 Å². The molecule has 0 bridgehead atoms. The van der Waals surface area contributed by atoms with Gasteiger partial charge in [-0.2, -0.15) is 0 Å². The van der Waals surface area contributed by atoms with Crippen LogP contribution in [0.25, 0.3) is 22.3 Å². The third-order valence-electron chi connectivity index (χ3n) is 11.6. The minimum absolute atomic E-state index is 0.0208. The number of esters is 1. The molecule has 2 aliphatic heterocycles. The highest BCUT2D eigenvalue weighted by molar-refractivity contribution is 5.98. The molecule has 0 saturated heterocycles. The molecule has 0 fully saturated rings. The molecule has 354 valence electrons. The molecule has 0 aliphatic carbocycles. The Morgan fingerprint density at radius 2 is 1.70 bits per heavy atom.